The molecule has 1 unspecified atom stereocenters. The van der Waals surface area contributed by atoms with E-state index in [1.807, 2.05) is 32.0 Å². The highest BCUT2D eigenvalue weighted by Crippen LogP contribution is 2.35. The van der Waals surface area contributed by atoms with Gasteiger partial charge >= 0.3 is 5.97 Å². The van der Waals surface area contributed by atoms with Crippen molar-refractivity contribution in [2.45, 2.75) is 32.9 Å². The van der Waals surface area contributed by atoms with Crippen LogP contribution in [0.25, 0.3) is 0 Å². The Morgan fingerprint density at radius 2 is 2.30 bits per heavy atom. The lowest BCUT2D eigenvalue weighted by atomic mass is 10.1. The number of nitrogens with one attached hydrogen (secondary N) is 1. The number of hydrogen-bond donors (Lipinski definition) is 1. The first-order valence-electron chi connectivity index (χ1n) is 6.92. The first kappa shape index (κ1) is 14.7. The topological polar surface area (TPSA) is 56.8 Å². The number of carbonyl (C=O) groups excluding carboxylic acids is 1. The van der Waals surface area contributed by atoms with E-state index >= 15 is 0 Å². The van der Waals surface area contributed by atoms with Crippen molar-refractivity contribution in [2.24, 2.45) is 0 Å². The van der Waals surface area contributed by atoms with E-state index in [1.54, 1.807) is 0 Å². The van der Waals surface area contributed by atoms with Gasteiger partial charge in [-0.2, -0.15) is 0 Å². The van der Waals surface area contributed by atoms with Crippen LogP contribution in [0.4, 0.5) is 0 Å². The molecule has 0 aliphatic carbocycles. The lowest BCUT2D eigenvalue weighted by molar-refractivity contribution is -0.149. The summed E-state index contributed by atoms with van der Waals surface area (Å²) in [5, 5.41) is 3.35. The minimum Gasteiger partial charge on any atom is -0.491 e. The SMILES string of the molecule is CCNC1COc2cc(OCC(=O)OC(C)C)ccc21. The molecule has 5 heteroatoms. The smallest absolute Gasteiger partial charge is 0.344 e. The van der Waals surface area contributed by atoms with Gasteiger partial charge in [0, 0.05) is 11.6 Å². The molecule has 0 aromatic heterocycles. The molecule has 5 nitrogen and oxygen atoms in total. The zero-order valence-electron chi connectivity index (χ0n) is 12.1. The molecule has 0 fully saturated rings. The van der Waals surface area contributed by atoms with Crippen molar-refractivity contribution in [3.05, 3.63) is 23.8 Å². The molecule has 2 rings (SSSR count). The normalized spacial score (nSPS) is 16.7. The van der Waals surface area contributed by atoms with E-state index < -0.39 is 0 Å². The van der Waals surface area contributed by atoms with Crippen LogP contribution in [-0.4, -0.2) is 31.8 Å². The molecule has 1 aliphatic heterocycles. The molecular weight excluding hydrogens is 258 g/mol. The van der Waals surface area contributed by atoms with Crippen LogP contribution in [0, 0.1) is 0 Å². The summed E-state index contributed by atoms with van der Waals surface area (Å²) < 4.78 is 16.0. The molecule has 0 radical (unpaired) electrons. The second-order valence-electron chi connectivity index (χ2n) is 4.95. The van der Waals surface area contributed by atoms with Crippen LogP contribution in [0.2, 0.25) is 0 Å². The third kappa shape index (κ3) is 3.63. The molecule has 1 aromatic carbocycles. The molecule has 1 N–H and O–H groups in total. The number of benzene rings is 1. The average molecular weight is 279 g/mol. The molecular formula is C15H21NO4. The van der Waals surface area contributed by atoms with Crippen molar-refractivity contribution >= 4 is 5.97 Å². The van der Waals surface area contributed by atoms with E-state index in [0.717, 1.165) is 17.9 Å². The quantitative estimate of drug-likeness (QED) is 0.808. The second kappa shape index (κ2) is 6.61. The highest BCUT2D eigenvalue weighted by molar-refractivity contribution is 5.71. The van der Waals surface area contributed by atoms with Crippen LogP contribution >= 0.6 is 0 Å². The van der Waals surface area contributed by atoms with Gasteiger partial charge in [-0.25, -0.2) is 4.79 Å². The molecule has 1 aromatic rings. The van der Waals surface area contributed by atoms with E-state index in [0.29, 0.717) is 12.4 Å². The number of esters is 1. The van der Waals surface area contributed by atoms with Gasteiger partial charge in [0.2, 0.25) is 0 Å². The first-order valence-corrected chi connectivity index (χ1v) is 6.92. The van der Waals surface area contributed by atoms with E-state index in [2.05, 4.69) is 12.2 Å². The van der Waals surface area contributed by atoms with Crippen LogP contribution < -0.4 is 14.8 Å². The van der Waals surface area contributed by atoms with Gasteiger partial charge in [-0.1, -0.05) is 6.92 Å². The summed E-state index contributed by atoms with van der Waals surface area (Å²) in [7, 11) is 0. The fourth-order valence-electron chi connectivity index (χ4n) is 2.13. The fraction of sp³-hybridized carbons (Fsp3) is 0.533. The van der Waals surface area contributed by atoms with Crippen molar-refractivity contribution in [3.8, 4) is 11.5 Å². The molecule has 0 saturated carbocycles. The first-order chi connectivity index (χ1) is 9.60. The zero-order chi connectivity index (χ0) is 14.5. The molecule has 1 atom stereocenters. The van der Waals surface area contributed by atoms with Crippen molar-refractivity contribution in [2.75, 3.05) is 19.8 Å². The fourth-order valence-corrected chi connectivity index (χ4v) is 2.13. The Labute approximate surface area is 119 Å². The Kier molecular flexibility index (Phi) is 4.84. The minimum atomic E-state index is -0.369. The van der Waals surface area contributed by atoms with Crippen LogP contribution in [0.5, 0.6) is 11.5 Å². The summed E-state index contributed by atoms with van der Waals surface area (Å²) >= 11 is 0. The van der Waals surface area contributed by atoms with E-state index in [9.17, 15) is 4.79 Å². The summed E-state index contributed by atoms with van der Waals surface area (Å²) in [5.74, 6) is 1.05. The molecule has 0 bridgehead atoms. The highest BCUT2D eigenvalue weighted by atomic mass is 16.6. The van der Waals surface area contributed by atoms with Crippen molar-refractivity contribution in [3.63, 3.8) is 0 Å². The summed E-state index contributed by atoms with van der Waals surface area (Å²) in [6, 6.07) is 5.86. The molecule has 0 spiro atoms. The monoisotopic (exact) mass is 279 g/mol. The third-order valence-corrected chi connectivity index (χ3v) is 2.94. The lowest BCUT2D eigenvalue weighted by Crippen LogP contribution is -2.21. The van der Waals surface area contributed by atoms with Crippen LogP contribution in [0.3, 0.4) is 0 Å². The predicted molar refractivity (Wildman–Crippen MR) is 75.1 cm³/mol. The second-order valence-corrected chi connectivity index (χ2v) is 4.95. The molecule has 1 heterocycles. The van der Waals surface area contributed by atoms with Gasteiger partial charge in [-0.15, -0.1) is 0 Å². The Balaban J connectivity index is 1.94. The highest BCUT2D eigenvalue weighted by Gasteiger charge is 2.23. The standard InChI is InChI=1S/C15H21NO4/c1-4-16-13-8-19-14-7-11(5-6-12(13)14)18-9-15(17)20-10(2)3/h5-7,10,13,16H,4,8-9H2,1-3H3. The summed E-state index contributed by atoms with van der Waals surface area (Å²) in [5.41, 5.74) is 1.13. The van der Waals surface area contributed by atoms with Crippen molar-refractivity contribution in [1.82, 2.24) is 5.32 Å². The molecule has 20 heavy (non-hydrogen) atoms. The van der Waals surface area contributed by atoms with Crippen molar-refractivity contribution < 1.29 is 19.0 Å². The van der Waals surface area contributed by atoms with Crippen molar-refractivity contribution in [1.29, 1.82) is 0 Å². The van der Waals surface area contributed by atoms with Gasteiger partial charge in [0.25, 0.3) is 0 Å². The van der Waals surface area contributed by atoms with E-state index in [1.165, 1.54) is 0 Å². The van der Waals surface area contributed by atoms with Gasteiger partial charge in [0.1, 0.15) is 18.1 Å². The lowest BCUT2D eigenvalue weighted by Gasteiger charge is -2.11. The van der Waals surface area contributed by atoms with E-state index in [4.69, 9.17) is 14.2 Å². The van der Waals surface area contributed by atoms with E-state index in [-0.39, 0.29) is 24.7 Å². The van der Waals surface area contributed by atoms with Gasteiger partial charge < -0.3 is 19.5 Å². The maximum atomic E-state index is 11.4. The summed E-state index contributed by atoms with van der Waals surface area (Å²) in [6.45, 7) is 7.11. The van der Waals surface area contributed by atoms with Crippen LogP contribution in [0.15, 0.2) is 18.2 Å². The number of fused-ring (bicyclic) bond motifs is 1. The summed E-state index contributed by atoms with van der Waals surface area (Å²) in [4.78, 5) is 11.4. The minimum absolute atomic E-state index is 0.0897. The maximum absolute atomic E-state index is 11.4. The van der Waals surface area contributed by atoms with Crippen LogP contribution in [0.1, 0.15) is 32.4 Å². The predicted octanol–water partition coefficient (Wildman–Crippen LogP) is 2.06. The Bertz CT molecular complexity index is 473. The van der Waals surface area contributed by atoms with Gasteiger partial charge in [-0.3, -0.25) is 0 Å². The number of ether oxygens (including phenoxy) is 3. The average Bonchev–Trinajstić information content (AvgIpc) is 2.79. The number of carbonyl (C=O) groups is 1. The third-order valence-electron chi connectivity index (χ3n) is 2.94. The largest absolute Gasteiger partial charge is 0.491 e. The number of likely N-dealkylation sites (N-methyl/N-ethyl adjacent to an activating group) is 1. The maximum Gasteiger partial charge on any atom is 0.344 e. The number of hydrogen-bond acceptors (Lipinski definition) is 5. The zero-order valence-corrected chi connectivity index (χ0v) is 12.1. The van der Waals surface area contributed by atoms with Gasteiger partial charge in [0.05, 0.1) is 12.1 Å². The van der Waals surface area contributed by atoms with Gasteiger partial charge in [0.15, 0.2) is 6.61 Å². The molecule has 110 valence electrons. The number of rotatable bonds is 6. The van der Waals surface area contributed by atoms with Crippen LogP contribution in [-0.2, 0) is 9.53 Å². The molecule has 0 amide bonds. The Morgan fingerprint density at radius 1 is 1.50 bits per heavy atom. The Hall–Kier alpha value is -1.75. The summed E-state index contributed by atoms with van der Waals surface area (Å²) in [6.07, 6.45) is -0.129. The molecule has 0 saturated heterocycles. The molecule has 1 aliphatic rings. The van der Waals surface area contributed by atoms with Gasteiger partial charge in [-0.05, 0) is 32.5 Å². The Morgan fingerprint density at radius 3 is 3.00 bits per heavy atom.